The van der Waals surface area contributed by atoms with Crippen molar-refractivity contribution in [3.8, 4) is 11.5 Å². The van der Waals surface area contributed by atoms with E-state index in [0.29, 0.717) is 12.6 Å². The van der Waals surface area contributed by atoms with Crippen molar-refractivity contribution < 1.29 is 9.47 Å². The highest BCUT2D eigenvalue weighted by atomic mass is 16.5. The Balaban J connectivity index is 1.72. The van der Waals surface area contributed by atoms with E-state index in [4.69, 9.17) is 9.47 Å². The molecule has 0 radical (unpaired) electrons. The van der Waals surface area contributed by atoms with Crippen molar-refractivity contribution in [1.29, 1.82) is 0 Å². The van der Waals surface area contributed by atoms with Crippen LogP contribution in [0, 0.1) is 0 Å². The van der Waals surface area contributed by atoms with Gasteiger partial charge in [-0.1, -0.05) is 36.4 Å². The first-order valence-corrected chi connectivity index (χ1v) is 6.95. The second-order valence-electron chi connectivity index (χ2n) is 4.98. The fraction of sp³-hybridized carbons (Fsp3) is 0.294. The molecule has 0 saturated carbocycles. The predicted octanol–water partition coefficient (Wildman–Crippen LogP) is 3.31. The van der Waals surface area contributed by atoms with Crippen LogP contribution >= 0.6 is 0 Å². The van der Waals surface area contributed by atoms with Gasteiger partial charge in [0.1, 0.15) is 6.61 Å². The molecular formula is C17H19NO2. The molecule has 1 N–H and O–H groups in total. The van der Waals surface area contributed by atoms with Gasteiger partial charge in [0, 0.05) is 6.04 Å². The quantitative estimate of drug-likeness (QED) is 0.903. The van der Waals surface area contributed by atoms with Gasteiger partial charge >= 0.3 is 0 Å². The van der Waals surface area contributed by atoms with E-state index in [1.54, 1.807) is 7.11 Å². The number of ether oxygens (including phenoxy) is 2. The van der Waals surface area contributed by atoms with Gasteiger partial charge in [0.05, 0.1) is 7.11 Å². The molecule has 0 bridgehead atoms. The summed E-state index contributed by atoms with van der Waals surface area (Å²) in [6, 6.07) is 16.8. The van der Waals surface area contributed by atoms with E-state index in [-0.39, 0.29) is 0 Å². The van der Waals surface area contributed by atoms with E-state index in [0.717, 1.165) is 23.6 Å². The lowest BCUT2D eigenvalue weighted by atomic mass is 9.98. The smallest absolute Gasteiger partial charge is 0.161 e. The van der Waals surface area contributed by atoms with E-state index in [1.807, 2.05) is 24.3 Å². The molecule has 1 saturated heterocycles. The first-order chi connectivity index (χ1) is 9.86. The maximum Gasteiger partial charge on any atom is 0.161 e. The summed E-state index contributed by atoms with van der Waals surface area (Å²) in [6.45, 7) is 1.65. The summed E-state index contributed by atoms with van der Waals surface area (Å²) in [4.78, 5) is 0. The summed E-state index contributed by atoms with van der Waals surface area (Å²) in [5.41, 5.74) is 2.42. The summed E-state index contributed by atoms with van der Waals surface area (Å²) in [5, 5.41) is 3.39. The highest BCUT2D eigenvalue weighted by molar-refractivity contribution is 5.44. The Hall–Kier alpha value is -2.00. The van der Waals surface area contributed by atoms with Crippen molar-refractivity contribution >= 4 is 0 Å². The highest BCUT2D eigenvalue weighted by Crippen LogP contribution is 2.33. The molecule has 104 valence electrons. The van der Waals surface area contributed by atoms with Crippen LogP contribution in [-0.4, -0.2) is 13.7 Å². The molecule has 1 heterocycles. The Morgan fingerprint density at radius 1 is 1.10 bits per heavy atom. The van der Waals surface area contributed by atoms with Crippen molar-refractivity contribution in [2.24, 2.45) is 0 Å². The maximum atomic E-state index is 5.86. The Morgan fingerprint density at radius 3 is 2.55 bits per heavy atom. The molecule has 0 aliphatic carbocycles. The normalized spacial score (nSPS) is 17.4. The van der Waals surface area contributed by atoms with Crippen LogP contribution in [-0.2, 0) is 6.61 Å². The number of benzene rings is 2. The molecule has 1 atom stereocenters. The lowest BCUT2D eigenvalue weighted by Crippen LogP contribution is -2.34. The van der Waals surface area contributed by atoms with Crippen molar-refractivity contribution in [2.75, 3.05) is 13.7 Å². The Kier molecular flexibility index (Phi) is 3.88. The zero-order valence-corrected chi connectivity index (χ0v) is 11.6. The third kappa shape index (κ3) is 2.78. The van der Waals surface area contributed by atoms with Crippen LogP contribution in [0.15, 0.2) is 48.5 Å². The van der Waals surface area contributed by atoms with Crippen molar-refractivity contribution in [2.45, 2.75) is 19.1 Å². The standard InChI is InChI=1S/C17H19NO2/c1-19-17-11-14(15-9-10-18-15)7-8-16(17)20-12-13-5-3-2-4-6-13/h2-8,11,15,18H,9-10,12H2,1H3/t15-/m0/s1. The van der Waals surface area contributed by atoms with Crippen LogP contribution in [0.3, 0.4) is 0 Å². The number of hydrogen-bond acceptors (Lipinski definition) is 3. The lowest BCUT2D eigenvalue weighted by Gasteiger charge is -2.28. The summed E-state index contributed by atoms with van der Waals surface area (Å²) in [6.07, 6.45) is 1.19. The van der Waals surface area contributed by atoms with Gasteiger partial charge in [-0.25, -0.2) is 0 Å². The van der Waals surface area contributed by atoms with Gasteiger partial charge in [0.15, 0.2) is 11.5 Å². The van der Waals surface area contributed by atoms with E-state index in [2.05, 4.69) is 29.6 Å². The van der Waals surface area contributed by atoms with Gasteiger partial charge < -0.3 is 14.8 Å². The minimum Gasteiger partial charge on any atom is -0.493 e. The Labute approximate surface area is 119 Å². The molecule has 0 amide bonds. The fourth-order valence-corrected chi connectivity index (χ4v) is 2.33. The SMILES string of the molecule is COc1cc([C@@H]2CCN2)ccc1OCc1ccccc1. The first-order valence-electron chi connectivity index (χ1n) is 6.95. The molecule has 0 unspecified atom stereocenters. The molecule has 3 rings (SSSR count). The molecule has 1 aliphatic rings. The molecule has 0 spiro atoms. The molecule has 20 heavy (non-hydrogen) atoms. The number of hydrogen-bond donors (Lipinski definition) is 1. The second-order valence-corrected chi connectivity index (χ2v) is 4.98. The Bertz CT molecular complexity index is 564. The van der Waals surface area contributed by atoms with E-state index < -0.39 is 0 Å². The average molecular weight is 269 g/mol. The van der Waals surface area contributed by atoms with Crippen LogP contribution in [0.4, 0.5) is 0 Å². The molecular weight excluding hydrogens is 250 g/mol. The summed E-state index contributed by atoms with van der Waals surface area (Å²) in [7, 11) is 1.68. The molecule has 2 aromatic rings. The maximum absolute atomic E-state index is 5.86. The van der Waals surface area contributed by atoms with E-state index in [1.165, 1.54) is 12.0 Å². The number of nitrogens with one attached hydrogen (secondary N) is 1. The van der Waals surface area contributed by atoms with Gasteiger partial charge in [-0.3, -0.25) is 0 Å². The average Bonchev–Trinajstić information content (AvgIpc) is 2.45. The minimum atomic E-state index is 0.465. The number of rotatable bonds is 5. The van der Waals surface area contributed by atoms with E-state index in [9.17, 15) is 0 Å². The van der Waals surface area contributed by atoms with Crippen LogP contribution in [0.1, 0.15) is 23.6 Å². The fourth-order valence-electron chi connectivity index (χ4n) is 2.33. The summed E-state index contributed by atoms with van der Waals surface area (Å²) in [5.74, 6) is 1.59. The zero-order chi connectivity index (χ0) is 13.8. The van der Waals surface area contributed by atoms with Gasteiger partial charge in [-0.2, -0.15) is 0 Å². The lowest BCUT2D eigenvalue weighted by molar-refractivity contribution is 0.283. The third-order valence-electron chi connectivity index (χ3n) is 3.65. The van der Waals surface area contributed by atoms with Gasteiger partial charge in [-0.05, 0) is 36.2 Å². The second kappa shape index (κ2) is 5.97. The molecule has 3 heteroatoms. The molecule has 1 aliphatic heterocycles. The van der Waals surface area contributed by atoms with Crippen molar-refractivity contribution in [3.63, 3.8) is 0 Å². The molecule has 1 fully saturated rings. The minimum absolute atomic E-state index is 0.465. The Morgan fingerprint density at radius 2 is 1.90 bits per heavy atom. The summed E-state index contributed by atoms with van der Waals surface area (Å²) < 4.78 is 11.3. The van der Waals surface area contributed by atoms with Crippen LogP contribution < -0.4 is 14.8 Å². The zero-order valence-electron chi connectivity index (χ0n) is 11.6. The van der Waals surface area contributed by atoms with Crippen LogP contribution in [0.25, 0.3) is 0 Å². The van der Waals surface area contributed by atoms with Gasteiger partial charge in [-0.15, -0.1) is 0 Å². The highest BCUT2D eigenvalue weighted by Gasteiger charge is 2.19. The number of methoxy groups -OCH3 is 1. The molecule has 0 aromatic heterocycles. The topological polar surface area (TPSA) is 30.5 Å². The van der Waals surface area contributed by atoms with Crippen LogP contribution in [0.5, 0.6) is 11.5 Å². The van der Waals surface area contributed by atoms with E-state index >= 15 is 0 Å². The monoisotopic (exact) mass is 269 g/mol. The summed E-state index contributed by atoms with van der Waals surface area (Å²) >= 11 is 0. The largest absolute Gasteiger partial charge is 0.493 e. The molecule has 3 nitrogen and oxygen atoms in total. The van der Waals surface area contributed by atoms with Gasteiger partial charge in [0.25, 0.3) is 0 Å². The third-order valence-corrected chi connectivity index (χ3v) is 3.65. The van der Waals surface area contributed by atoms with Crippen molar-refractivity contribution in [1.82, 2.24) is 5.32 Å². The van der Waals surface area contributed by atoms with Crippen molar-refractivity contribution in [3.05, 3.63) is 59.7 Å². The predicted molar refractivity (Wildman–Crippen MR) is 79.1 cm³/mol. The van der Waals surface area contributed by atoms with Gasteiger partial charge in [0.2, 0.25) is 0 Å². The first kappa shape index (κ1) is 13.0. The molecule has 2 aromatic carbocycles. The van der Waals surface area contributed by atoms with Crippen LogP contribution in [0.2, 0.25) is 0 Å².